The van der Waals surface area contributed by atoms with Crippen LogP contribution in [0.25, 0.3) is 0 Å². The summed E-state index contributed by atoms with van der Waals surface area (Å²) in [6.45, 7) is 8.46. The summed E-state index contributed by atoms with van der Waals surface area (Å²) < 4.78 is 0. The predicted molar refractivity (Wildman–Crippen MR) is 109 cm³/mol. The van der Waals surface area contributed by atoms with E-state index < -0.39 is 12.1 Å². The Morgan fingerprint density at radius 1 is 1.30 bits per heavy atom. The highest BCUT2D eigenvalue weighted by Crippen LogP contribution is 2.38. The van der Waals surface area contributed by atoms with E-state index in [1.54, 1.807) is 0 Å². The van der Waals surface area contributed by atoms with Crippen molar-refractivity contribution in [1.29, 1.82) is 0 Å². The first kappa shape index (κ1) is 23.6. The first-order valence-corrected chi connectivity index (χ1v) is 10.4. The molecule has 0 aromatic heterocycles. The van der Waals surface area contributed by atoms with Gasteiger partial charge in [-0.3, -0.25) is 9.59 Å². The van der Waals surface area contributed by atoms with E-state index in [9.17, 15) is 14.7 Å². The van der Waals surface area contributed by atoms with Gasteiger partial charge in [0.2, 0.25) is 0 Å². The van der Waals surface area contributed by atoms with Crippen molar-refractivity contribution in [2.75, 3.05) is 0 Å². The lowest BCUT2D eigenvalue weighted by molar-refractivity contribution is -0.137. The molecule has 1 saturated carbocycles. The molecule has 0 saturated heterocycles. The summed E-state index contributed by atoms with van der Waals surface area (Å²) in [6, 6.07) is 0. The van der Waals surface area contributed by atoms with Gasteiger partial charge in [-0.2, -0.15) is 0 Å². The van der Waals surface area contributed by atoms with Crippen LogP contribution in [0.2, 0.25) is 0 Å². The SMILES string of the molecule is CCCCC(C)(C)[C@H](O)C=C[C@H]1[C@H](C)CC(=O)[C@@H]1CC=CCCCC(=O)O. The van der Waals surface area contributed by atoms with Crippen molar-refractivity contribution in [3.05, 3.63) is 24.3 Å². The van der Waals surface area contributed by atoms with Crippen molar-refractivity contribution in [1.82, 2.24) is 0 Å². The van der Waals surface area contributed by atoms with Crippen molar-refractivity contribution in [3.63, 3.8) is 0 Å². The number of Topliss-reactive ketones (excluding diaryl/α,β-unsaturated/α-hetero) is 1. The van der Waals surface area contributed by atoms with E-state index in [4.69, 9.17) is 5.11 Å². The number of allylic oxidation sites excluding steroid dienone is 3. The molecule has 1 aliphatic carbocycles. The number of unbranched alkanes of at least 4 members (excludes halogenated alkanes) is 2. The van der Waals surface area contributed by atoms with Crippen LogP contribution in [0.5, 0.6) is 0 Å². The summed E-state index contributed by atoms with van der Waals surface area (Å²) in [4.78, 5) is 22.9. The molecule has 2 N–H and O–H groups in total. The second-order valence-corrected chi connectivity index (χ2v) is 8.75. The molecule has 0 bridgehead atoms. The maximum absolute atomic E-state index is 12.4. The summed E-state index contributed by atoms with van der Waals surface area (Å²) in [5, 5.41) is 19.2. The van der Waals surface area contributed by atoms with E-state index in [1.807, 2.05) is 18.2 Å². The zero-order chi connectivity index (χ0) is 20.4. The summed E-state index contributed by atoms with van der Waals surface area (Å²) >= 11 is 0. The normalized spacial score (nSPS) is 24.9. The third kappa shape index (κ3) is 8.00. The predicted octanol–water partition coefficient (Wildman–Crippen LogP) is 5.16. The van der Waals surface area contributed by atoms with Crippen molar-refractivity contribution >= 4 is 11.8 Å². The van der Waals surface area contributed by atoms with Gasteiger partial charge in [0.05, 0.1) is 6.10 Å². The number of carboxylic acid groups (broad SMARTS) is 1. The number of aliphatic carboxylic acids is 1. The van der Waals surface area contributed by atoms with Gasteiger partial charge in [-0.25, -0.2) is 0 Å². The fraction of sp³-hybridized carbons (Fsp3) is 0.739. The van der Waals surface area contributed by atoms with Gasteiger partial charge in [0.25, 0.3) is 0 Å². The monoisotopic (exact) mass is 378 g/mol. The summed E-state index contributed by atoms with van der Waals surface area (Å²) in [6.07, 6.45) is 13.5. The Kier molecular flexibility index (Phi) is 10.00. The van der Waals surface area contributed by atoms with E-state index >= 15 is 0 Å². The molecule has 4 atom stereocenters. The molecule has 0 aliphatic heterocycles. The zero-order valence-electron chi connectivity index (χ0n) is 17.5. The number of carboxylic acids is 1. The molecule has 0 unspecified atom stereocenters. The van der Waals surface area contributed by atoms with Crippen LogP contribution in [0.4, 0.5) is 0 Å². The smallest absolute Gasteiger partial charge is 0.303 e. The molecule has 1 fully saturated rings. The number of aliphatic hydroxyl groups is 1. The Labute approximate surface area is 164 Å². The second kappa shape index (κ2) is 11.4. The van der Waals surface area contributed by atoms with Crippen LogP contribution in [0.15, 0.2) is 24.3 Å². The molecule has 4 nitrogen and oxygen atoms in total. The quantitative estimate of drug-likeness (QED) is 0.363. The van der Waals surface area contributed by atoms with Gasteiger partial charge < -0.3 is 10.2 Å². The molecule has 0 aromatic carbocycles. The van der Waals surface area contributed by atoms with Crippen LogP contribution < -0.4 is 0 Å². The Morgan fingerprint density at radius 2 is 2.00 bits per heavy atom. The number of carbonyl (C=O) groups is 2. The molecule has 154 valence electrons. The van der Waals surface area contributed by atoms with E-state index in [0.717, 1.165) is 25.7 Å². The Bertz CT molecular complexity index is 532. The van der Waals surface area contributed by atoms with Gasteiger partial charge >= 0.3 is 5.97 Å². The lowest BCUT2D eigenvalue weighted by Crippen LogP contribution is -2.28. The molecule has 0 radical (unpaired) electrons. The second-order valence-electron chi connectivity index (χ2n) is 8.75. The highest BCUT2D eigenvalue weighted by Gasteiger charge is 2.38. The van der Waals surface area contributed by atoms with E-state index in [2.05, 4.69) is 33.8 Å². The lowest BCUT2D eigenvalue weighted by atomic mass is 9.80. The molecule has 0 heterocycles. The van der Waals surface area contributed by atoms with Gasteiger partial charge in [0.1, 0.15) is 5.78 Å². The Hall–Kier alpha value is -1.42. The largest absolute Gasteiger partial charge is 0.481 e. The van der Waals surface area contributed by atoms with Crippen LogP contribution in [-0.4, -0.2) is 28.1 Å². The van der Waals surface area contributed by atoms with Crippen molar-refractivity contribution in [2.45, 2.75) is 85.2 Å². The molecule has 0 aromatic rings. The van der Waals surface area contributed by atoms with Crippen molar-refractivity contribution < 1.29 is 19.8 Å². The minimum Gasteiger partial charge on any atom is -0.481 e. The number of aliphatic hydroxyl groups excluding tert-OH is 1. The van der Waals surface area contributed by atoms with Gasteiger partial charge in [0.15, 0.2) is 0 Å². The third-order valence-corrected chi connectivity index (χ3v) is 5.87. The summed E-state index contributed by atoms with van der Waals surface area (Å²) in [5.74, 6) is -0.0401. The van der Waals surface area contributed by atoms with E-state index in [1.165, 1.54) is 0 Å². The Morgan fingerprint density at radius 3 is 2.63 bits per heavy atom. The maximum Gasteiger partial charge on any atom is 0.303 e. The van der Waals surface area contributed by atoms with Crippen molar-refractivity contribution in [3.8, 4) is 0 Å². The number of carbonyl (C=O) groups excluding carboxylic acids is 1. The van der Waals surface area contributed by atoms with Gasteiger partial charge in [-0.05, 0) is 42.9 Å². The van der Waals surface area contributed by atoms with Crippen LogP contribution in [-0.2, 0) is 9.59 Å². The average molecular weight is 379 g/mol. The molecule has 0 spiro atoms. The first-order valence-electron chi connectivity index (χ1n) is 10.4. The van der Waals surface area contributed by atoms with Crippen molar-refractivity contribution in [2.24, 2.45) is 23.2 Å². The van der Waals surface area contributed by atoms with Crippen LogP contribution in [0.1, 0.15) is 79.1 Å². The number of ketones is 1. The highest BCUT2D eigenvalue weighted by molar-refractivity contribution is 5.84. The lowest BCUT2D eigenvalue weighted by Gasteiger charge is -2.29. The molecular weight excluding hydrogens is 340 g/mol. The molecule has 4 heteroatoms. The molecular formula is C23H38O4. The number of hydrogen-bond donors (Lipinski definition) is 2. The average Bonchev–Trinajstić information content (AvgIpc) is 2.86. The minimum absolute atomic E-state index is 0.0297. The van der Waals surface area contributed by atoms with Gasteiger partial charge in [-0.15, -0.1) is 0 Å². The third-order valence-electron chi connectivity index (χ3n) is 5.87. The van der Waals surface area contributed by atoms with Crippen LogP contribution in [0.3, 0.4) is 0 Å². The zero-order valence-corrected chi connectivity index (χ0v) is 17.5. The molecule has 27 heavy (non-hydrogen) atoms. The van der Waals surface area contributed by atoms with Gasteiger partial charge in [0, 0.05) is 18.8 Å². The Balaban J connectivity index is 2.63. The van der Waals surface area contributed by atoms with Crippen LogP contribution in [0, 0.1) is 23.2 Å². The standard InChI is InChI=1S/C23H38O4/c1-5-6-15-23(3,4)21(25)14-13-18-17(2)16-20(24)19(18)11-9-7-8-10-12-22(26)27/h7,9,13-14,17-19,21,25H,5-6,8,10-12,15-16H2,1-4H3,(H,26,27)/t17-,18+,19-,21-/m1/s1. The molecule has 1 aliphatic rings. The van der Waals surface area contributed by atoms with E-state index in [-0.39, 0.29) is 23.7 Å². The fourth-order valence-electron chi connectivity index (χ4n) is 3.83. The fourth-order valence-corrected chi connectivity index (χ4v) is 3.83. The highest BCUT2D eigenvalue weighted by atomic mass is 16.4. The summed E-state index contributed by atoms with van der Waals surface area (Å²) in [7, 11) is 0. The van der Waals surface area contributed by atoms with Gasteiger partial charge in [-0.1, -0.05) is 64.8 Å². The van der Waals surface area contributed by atoms with E-state index in [0.29, 0.717) is 31.0 Å². The molecule has 0 amide bonds. The molecule has 1 rings (SSSR count). The maximum atomic E-state index is 12.4. The topological polar surface area (TPSA) is 74.6 Å². The number of rotatable bonds is 12. The number of hydrogen-bond acceptors (Lipinski definition) is 3. The summed E-state index contributed by atoms with van der Waals surface area (Å²) in [5.41, 5.74) is -0.155. The minimum atomic E-state index is -0.770. The van der Waals surface area contributed by atoms with Crippen LogP contribution >= 0.6 is 0 Å². The first-order chi connectivity index (χ1) is 12.7.